The first kappa shape index (κ1) is 19.8. The highest BCUT2D eigenvalue weighted by molar-refractivity contribution is 5.79. The van der Waals surface area contributed by atoms with Crippen molar-refractivity contribution in [3.05, 3.63) is 35.4 Å². The zero-order valence-corrected chi connectivity index (χ0v) is 16.7. The van der Waals surface area contributed by atoms with E-state index in [9.17, 15) is 13.6 Å². The lowest BCUT2D eigenvalue weighted by Crippen LogP contribution is -2.38. The van der Waals surface area contributed by atoms with Crippen LogP contribution in [0.25, 0.3) is 0 Å². The Bertz CT molecular complexity index is 681. The quantitative estimate of drug-likeness (QED) is 0.750. The van der Waals surface area contributed by atoms with Crippen LogP contribution in [0.15, 0.2) is 18.2 Å². The van der Waals surface area contributed by atoms with E-state index in [1.807, 2.05) is 0 Å². The molecule has 0 bridgehead atoms. The molecule has 1 amide bonds. The van der Waals surface area contributed by atoms with Crippen LogP contribution in [0.4, 0.5) is 8.78 Å². The second-order valence-electron chi connectivity index (χ2n) is 8.99. The van der Waals surface area contributed by atoms with Crippen LogP contribution in [-0.2, 0) is 11.3 Å². The third kappa shape index (κ3) is 4.40. The van der Waals surface area contributed by atoms with Crippen LogP contribution in [0.2, 0.25) is 0 Å². The summed E-state index contributed by atoms with van der Waals surface area (Å²) in [5.74, 6) is 0.466. The number of hydrogen-bond acceptors (Lipinski definition) is 2. The summed E-state index contributed by atoms with van der Waals surface area (Å²) in [5, 5.41) is 0. The molecule has 0 N–H and O–H groups in total. The van der Waals surface area contributed by atoms with E-state index < -0.39 is 11.6 Å². The molecule has 154 valence electrons. The lowest BCUT2D eigenvalue weighted by atomic mass is 9.83. The number of benzene rings is 1. The van der Waals surface area contributed by atoms with Crippen LogP contribution in [0, 0.1) is 29.4 Å². The minimum Gasteiger partial charge on any atom is -0.342 e. The van der Waals surface area contributed by atoms with Gasteiger partial charge in [0.2, 0.25) is 5.91 Å². The summed E-state index contributed by atoms with van der Waals surface area (Å²) >= 11 is 0. The zero-order chi connectivity index (χ0) is 19.5. The molecule has 1 saturated carbocycles. The van der Waals surface area contributed by atoms with Gasteiger partial charge in [0.05, 0.1) is 0 Å². The summed E-state index contributed by atoms with van der Waals surface area (Å²) in [4.78, 5) is 17.2. The number of nitrogens with zero attached hydrogens (tertiary/aromatic N) is 2. The maximum Gasteiger partial charge on any atom is 0.225 e. The van der Waals surface area contributed by atoms with Crippen molar-refractivity contribution in [3.8, 4) is 0 Å². The van der Waals surface area contributed by atoms with E-state index in [0.29, 0.717) is 29.9 Å². The number of amides is 1. The molecule has 1 unspecified atom stereocenters. The largest absolute Gasteiger partial charge is 0.342 e. The van der Waals surface area contributed by atoms with Gasteiger partial charge in [-0.3, -0.25) is 9.69 Å². The highest BCUT2D eigenvalue weighted by Gasteiger charge is 2.36. The van der Waals surface area contributed by atoms with Crippen LogP contribution in [0.3, 0.4) is 0 Å². The van der Waals surface area contributed by atoms with Crippen molar-refractivity contribution in [2.75, 3.05) is 26.2 Å². The monoisotopic (exact) mass is 390 g/mol. The van der Waals surface area contributed by atoms with Gasteiger partial charge in [-0.25, -0.2) is 8.78 Å². The van der Waals surface area contributed by atoms with Crippen LogP contribution in [0.1, 0.15) is 56.9 Å². The molecule has 3 fully saturated rings. The summed E-state index contributed by atoms with van der Waals surface area (Å²) in [6.07, 6.45) is 9.16. The molecule has 28 heavy (non-hydrogen) atoms. The second-order valence-corrected chi connectivity index (χ2v) is 8.99. The van der Waals surface area contributed by atoms with Crippen molar-refractivity contribution in [2.45, 2.75) is 57.9 Å². The van der Waals surface area contributed by atoms with E-state index in [-0.39, 0.29) is 5.92 Å². The maximum absolute atomic E-state index is 13.9. The van der Waals surface area contributed by atoms with Crippen molar-refractivity contribution in [2.24, 2.45) is 17.8 Å². The number of carbonyl (C=O) groups is 1. The summed E-state index contributed by atoms with van der Waals surface area (Å²) in [6.45, 7) is 4.18. The first-order valence-corrected chi connectivity index (χ1v) is 11.1. The van der Waals surface area contributed by atoms with Gasteiger partial charge in [-0.05, 0) is 63.1 Å². The molecule has 3 aliphatic rings. The SMILES string of the molecule is O=C(C1CCCCC1)N1CCC(C2CCN(Cc3cccc(F)c3F)CC2)C1. The minimum absolute atomic E-state index is 0.274. The van der Waals surface area contributed by atoms with Gasteiger partial charge in [0.1, 0.15) is 0 Å². The van der Waals surface area contributed by atoms with Crippen LogP contribution < -0.4 is 0 Å². The molecular weight excluding hydrogens is 358 g/mol. The molecule has 2 aliphatic heterocycles. The van der Waals surface area contributed by atoms with Crippen molar-refractivity contribution in [3.63, 3.8) is 0 Å². The Hall–Kier alpha value is -1.49. The van der Waals surface area contributed by atoms with E-state index in [1.54, 1.807) is 12.1 Å². The first-order chi connectivity index (χ1) is 13.6. The van der Waals surface area contributed by atoms with E-state index >= 15 is 0 Å². The predicted octanol–water partition coefficient (Wildman–Crippen LogP) is 4.61. The normalized spacial score (nSPS) is 25.4. The summed E-state index contributed by atoms with van der Waals surface area (Å²) in [7, 11) is 0. The fraction of sp³-hybridized carbons (Fsp3) is 0.696. The predicted molar refractivity (Wildman–Crippen MR) is 106 cm³/mol. The Morgan fingerprint density at radius 2 is 1.64 bits per heavy atom. The molecule has 1 aromatic rings. The Morgan fingerprint density at radius 3 is 2.39 bits per heavy atom. The first-order valence-electron chi connectivity index (χ1n) is 11.1. The van der Waals surface area contributed by atoms with Gasteiger partial charge in [-0.15, -0.1) is 0 Å². The molecule has 1 aromatic carbocycles. The molecule has 2 saturated heterocycles. The molecule has 4 rings (SSSR count). The average Bonchev–Trinajstić information content (AvgIpc) is 3.22. The van der Waals surface area contributed by atoms with Crippen LogP contribution in [0.5, 0.6) is 0 Å². The molecule has 0 spiro atoms. The number of carbonyl (C=O) groups excluding carboxylic acids is 1. The third-order valence-corrected chi connectivity index (χ3v) is 7.22. The van der Waals surface area contributed by atoms with E-state index in [0.717, 1.165) is 58.3 Å². The number of halogens is 2. The van der Waals surface area contributed by atoms with E-state index in [2.05, 4.69) is 9.80 Å². The maximum atomic E-state index is 13.9. The van der Waals surface area contributed by atoms with Crippen LogP contribution >= 0.6 is 0 Å². The molecule has 3 nitrogen and oxygen atoms in total. The number of likely N-dealkylation sites (tertiary alicyclic amines) is 2. The summed E-state index contributed by atoms with van der Waals surface area (Å²) < 4.78 is 27.3. The summed E-state index contributed by atoms with van der Waals surface area (Å²) in [5.41, 5.74) is 0.448. The molecular formula is C23H32F2N2O. The topological polar surface area (TPSA) is 23.6 Å². The molecule has 1 atom stereocenters. The number of hydrogen-bond donors (Lipinski definition) is 0. The fourth-order valence-corrected chi connectivity index (χ4v) is 5.47. The van der Waals surface area contributed by atoms with Gasteiger partial charge >= 0.3 is 0 Å². The zero-order valence-electron chi connectivity index (χ0n) is 16.7. The Kier molecular flexibility index (Phi) is 6.29. The molecule has 5 heteroatoms. The third-order valence-electron chi connectivity index (χ3n) is 7.22. The highest BCUT2D eigenvalue weighted by atomic mass is 19.2. The lowest BCUT2D eigenvalue weighted by Gasteiger charge is -2.35. The van der Waals surface area contributed by atoms with Gasteiger partial charge in [0.25, 0.3) is 0 Å². The second kappa shape index (κ2) is 8.89. The molecule has 0 radical (unpaired) electrons. The van der Waals surface area contributed by atoms with Crippen molar-refractivity contribution >= 4 is 5.91 Å². The Morgan fingerprint density at radius 1 is 0.929 bits per heavy atom. The highest BCUT2D eigenvalue weighted by Crippen LogP contribution is 2.34. The standard InChI is InChI=1S/C23H32F2N2O/c24-21-8-4-7-20(22(21)25)15-26-12-9-17(10-13-26)19-11-14-27(16-19)23(28)18-5-2-1-3-6-18/h4,7-8,17-19H,1-3,5-6,9-16H2. The Balaban J connectivity index is 1.25. The smallest absolute Gasteiger partial charge is 0.225 e. The van der Waals surface area contributed by atoms with E-state index in [4.69, 9.17) is 0 Å². The van der Waals surface area contributed by atoms with Gasteiger partial charge in [-0.2, -0.15) is 0 Å². The molecule has 0 aromatic heterocycles. The fourth-order valence-electron chi connectivity index (χ4n) is 5.47. The van der Waals surface area contributed by atoms with Crippen LogP contribution in [-0.4, -0.2) is 41.9 Å². The van der Waals surface area contributed by atoms with Crippen molar-refractivity contribution < 1.29 is 13.6 Å². The Labute approximate surface area is 167 Å². The minimum atomic E-state index is -0.763. The van der Waals surface area contributed by atoms with Gasteiger partial charge < -0.3 is 4.90 Å². The average molecular weight is 391 g/mol. The van der Waals surface area contributed by atoms with Crippen molar-refractivity contribution in [1.82, 2.24) is 9.80 Å². The van der Waals surface area contributed by atoms with Gasteiger partial charge in [0, 0.05) is 31.1 Å². The van der Waals surface area contributed by atoms with Gasteiger partial charge in [-0.1, -0.05) is 31.4 Å². The number of piperidine rings is 1. The summed E-state index contributed by atoms with van der Waals surface area (Å²) in [6, 6.07) is 4.43. The van der Waals surface area contributed by atoms with Gasteiger partial charge in [0.15, 0.2) is 11.6 Å². The lowest BCUT2D eigenvalue weighted by molar-refractivity contribution is -0.135. The number of rotatable bonds is 4. The van der Waals surface area contributed by atoms with Crippen molar-refractivity contribution in [1.29, 1.82) is 0 Å². The molecule has 1 aliphatic carbocycles. The van der Waals surface area contributed by atoms with E-state index in [1.165, 1.54) is 25.3 Å². The molecule has 2 heterocycles.